The predicted molar refractivity (Wildman–Crippen MR) is 57.3 cm³/mol. The average Bonchev–Trinajstić information content (AvgIpc) is 2.27. The van der Waals surface area contributed by atoms with Gasteiger partial charge in [-0.25, -0.2) is 4.39 Å². The molecular weight excluding hydrogens is 193 g/mol. The highest BCUT2D eigenvalue weighted by atomic mass is 19.1. The van der Waals surface area contributed by atoms with E-state index < -0.39 is 11.7 Å². The number of carbonyl (C=O) groups excluding carboxylic acids is 1. The minimum absolute atomic E-state index is 0.0798. The second-order valence-corrected chi connectivity index (χ2v) is 3.26. The van der Waals surface area contributed by atoms with Gasteiger partial charge < -0.3 is 5.32 Å². The molecule has 2 aromatic rings. The van der Waals surface area contributed by atoms with Gasteiger partial charge in [-0.1, -0.05) is 24.3 Å². The molecule has 0 aliphatic carbocycles. The Hall–Kier alpha value is -1.90. The Labute approximate surface area is 86.7 Å². The fraction of sp³-hybridized carbons (Fsp3) is 0.0833. The van der Waals surface area contributed by atoms with Crippen molar-refractivity contribution < 1.29 is 9.18 Å². The lowest BCUT2D eigenvalue weighted by Gasteiger charge is -2.04. The Bertz CT molecular complexity index is 522. The molecule has 0 spiro atoms. The summed E-state index contributed by atoms with van der Waals surface area (Å²) in [7, 11) is 1.48. The predicted octanol–water partition coefficient (Wildman–Crippen LogP) is 2.34. The molecule has 0 heterocycles. The van der Waals surface area contributed by atoms with Crippen molar-refractivity contribution >= 4 is 16.7 Å². The quantitative estimate of drug-likeness (QED) is 0.757. The molecule has 0 saturated heterocycles. The van der Waals surface area contributed by atoms with E-state index in [2.05, 4.69) is 5.32 Å². The fourth-order valence-corrected chi connectivity index (χ4v) is 1.52. The van der Waals surface area contributed by atoms with Crippen molar-refractivity contribution in [3.8, 4) is 0 Å². The van der Waals surface area contributed by atoms with Crippen LogP contribution < -0.4 is 5.32 Å². The third kappa shape index (κ3) is 1.68. The van der Waals surface area contributed by atoms with Gasteiger partial charge in [0.05, 0.1) is 5.56 Å². The summed E-state index contributed by atoms with van der Waals surface area (Å²) in [6.07, 6.45) is 0. The Morgan fingerprint density at radius 3 is 2.40 bits per heavy atom. The third-order valence-electron chi connectivity index (χ3n) is 2.31. The van der Waals surface area contributed by atoms with E-state index in [4.69, 9.17) is 0 Å². The highest BCUT2D eigenvalue weighted by molar-refractivity contribution is 5.98. The first-order valence-electron chi connectivity index (χ1n) is 4.63. The van der Waals surface area contributed by atoms with E-state index in [1.807, 2.05) is 24.3 Å². The fourth-order valence-electron chi connectivity index (χ4n) is 1.52. The minimum atomic E-state index is -0.493. The maximum atomic E-state index is 13.5. The molecule has 3 heteroatoms. The third-order valence-corrected chi connectivity index (χ3v) is 2.31. The first kappa shape index (κ1) is 9.65. The standard InChI is InChI=1S/C12H10FNO/c1-14-12(15)10-6-8-4-2-3-5-9(8)7-11(10)13/h2-7H,1H3,(H,14,15). The summed E-state index contributed by atoms with van der Waals surface area (Å²) in [5.74, 6) is -0.897. The molecule has 15 heavy (non-hydrogen) atoms. The summed E-state index contributed by atoms with van der Waals surface area (Å²) >= 11 is 0. The monoisotopic (exact) mass is 203 g/mol. The SMILES string of the molecule is CNC(=O)c1cc2ccccc2cc1F. The summed E-state index contributed by atoms with van der Waals surface area (Å²) in [5.41, 5.74) is 0.0798. The molecule has 2 aromatic carbocycles. The van der Waals surface area contributed by atoms with Crippen LogP contribution in [0.1, 0.15) is 10.4 Å². The van der Waals surface area contributed by atoms with Crippen LogP contribution in [0.5, 0.6) is 0 Å². The van der Waals surface area contributed by atoms with Crippen molar-refractivity contribution in [2.45, 2.75) is 0 Å². The van der Waals surface area contributed by atoms with Crippen LogP contribution in [-0.4, -0.2) is 13.0 Å². The van der Waals surface area contributed by atoms with Crippen LogP contribution in [0.3, 0.4) is 0 Å². The molecule has 2 rings (SSSR count). The van der Waals surface area contributed by atoms with Gasteiger partial charge in [0.25, 0.3) is 5.91 Å². The number of rotatable bonds is 1. The molecule has 0 fully saturated rings. The van der Waals surface area contributed by atoms with Gasteiger partial charge in [0.15, 0.2) is 0 Å². The number of amides is 1. The Kier molecular flexibility index (Phi) is 2.37. The van der Waals surface area contributed by atoms with Crippen LogP contribution in [0.2, 0.25) is 0 Å². The number of halogens is 1. The van der Waals surface area contributed by atoms with Crippen molar-refractivity contribution in [2.24, 2.45) is 0 Å². The Balaban J connectivity index is 2.67. The van der Waals surface area contributed by atoms with Crippen molar-refractivity contribution in [1.29, 1.82) is 0 Å². The van der Waals surface area contributed by atoms with Crippen molar-refractivity contribution in [3.63, 3.8) is 0 Å². The smallest absolute Gasteiger partial charge is 0.254 e. The van der Waals surface area contributed by atoms with E-state index in [0.29, 0.717) is 0 Å². The van der Waals surface area contributed by atoms with E-state index >= 15 is 0 Å². The Morgan fingerprint density at radius 2 is 1.80 bits per heavy atom. The highest BCUT2D eigenvalue weighted by Gasteiger charge is 2.10. The van der Waals surface area contributed by atoms with Gasteiger partial charge in [0.2, 0.25) is 0 Å². The number of hydrogen-bond acceptors (Lipinski definition) is 1. The van der Waals surface area contributed by atoms with Crippen LogP contribution in [-0.2, 0) is 0 Å². The normalized spacial score (nSPS) is 10.3. The zero-order valence-corrected chi connectivity index (χ0v) is 8.25. The van der Waals surface area contributed by atoms with E-state index in [-0.39, 0.29) is 5.56 Å². The van der Waals surface area contributed by atoms with Crippen LogP contribution in [0.25, 0.3) is 10.8 Å². The van der Waals surface area contributed by atoms with Crippen LogP contribution >= 0.6 is 0 Å². The first-order valence-corrected chi connectivity index (χ1v) is 4.63. The molecule has 76 valence electrons. The molecule has 0 aromatic heterocycles. The summed E-state index contributed by atoms with van der Waals surface area (Å²) < 4.78 is 13.5. The summed E-state index contributed by atoms with van der Waals surface area (Å²) in [6, 6.07) is 10.3. The van der Waals surface area contributed by atoms with Crippen molar-refractivity contribution in [2.75, 3.05) is 7.05 Å². The molecule has 1 amide bonds. The number of fused-ring (bicyclic) bond motifs is 1. The van der Waals surface area contributed by atoms with Crippen LogP contribution in [0, 0.1) is 5.82 Å². The van der Waals surface area contributed by atoms with E-state index in [1.54, 1.807) is 6.07 Å². The number of hydrogen-bond donors (Lipinski definition) is 1. The van der Waals surface area contributed by atoms with Crippen LogP contribution in [0.4, 0.5) is 4.39 Å². The average molecular weight is 203 g/mol. The number of nitrogens with one attached hydrogen (secondary N) is 1. The number of benzene rings is 2. The summed E-state index contributed by atoms with van der Waals surface area (Å²) in [4.78, 5) is 11.3. The highest BCUT2D eigenvalue weighted by Crippen LogP contribution is 2.18. The molecule has 0 aliphatic rings. The van der Waals surface area contributed by atoms with Crippen LogP contribution in [0.15, 0.2) is 36.4 Å². The van der Waals surface area contributed by atoms with E-state index in [1.165, 1.54) is 13.1 Å². The van der Waals surface area contributed by atoms with Gasteiger partial charge in [0, 0.05) is 7.05 Å². The van der Waals surface area contributed by atoms with Crippen molar-refractivity contribution in [3.05, 3.63) is 47.8 Å². The molecule has 0 aliphatic heterocycles. The lowest BCUT2D eigenvalue weighted by atomic mass is 10.1. The second-order valence-electron chi connectivity index (χ2n) is 3.26. The summed E-state index contributed by atoms with van der Waals surface area (Å²) in [6.45, 7) is 0. The molecule has 0 saturated carbocycles. The van der Waals surface area contributed by atoms with E-state index in [9.17, 15) is 9.18 Å². The largest absolute Gasteiger partial charge is 0.355 e. The zero-order chi connectivity index (χ0) is 10.8. The maximum Gasteiger partial charge on any atom is 0.254 e. The summed E-state index contributed by atoms with van der Waals surface area (Å²) in [5, 5.41) is 4.06. The van der Waals surface area contributed by atoms with Gasteiger partial charge in [-0.2, -0.15) is 0 Å². The van der Waals surface area contributed by atoms with Gasteiger partial charge in [-0.3, -0.25) is 4.79 Å². The lowest BCUT2D eigenvalue weighted by Crippen LogP contribution is -2.19. The van der Waals surface area contributed by atoms with E-state index in [0.717, 1.165) is 10.8 Å². The molecule has 0 radical (unpaired) electrons. The molecular formula is C12H10FNO. The van der Waals surface area contributed by atoms with Gasteiger partial charge >= 0.3 is 0 Å². The van der Waals surface area contributed by atoms with Gasteiger partial charge in [-0.05, 0) is 22.9 Å². The van der Waals surface area contributed by atoms with Gasteiger partial charge in [0.1, 0.15) is 5.82 Å². The lowest BCUT2D eigenvalue weighted by molar-refractivity contribution is 0.0959. The molecule has 1 N–H and O–H groups in total. The molecule has 0 bridgehead atoms. The topological polar surface area (TPSA) is 29.1 Å². The number of carbonyl (C=O) groups is 1. The molecule has 2 nitrogen and oxygen atoms in total. The molecule has 0 unspecified atom stereocenters. The second kappa shape index (κ2) is 3.69. The zero-order valence-electron chi connectivity index (χ0n) is 8.25. The first-order chi connectivity index (χ1) is 7.22. The Morgan fingerprint density at radius 1 is 1.20 bits per heavy atom. The molecule has 0 atom stereocenters. The minimum Gasteiger partial charge on any atom is -0.355 e. The maximum absolute atomic E-state index is 13.5. The van der Waals surface area contributed by atoms with Crippen molar-refractivity contribution in [1.82, 2.24) is 5.32 Å². The van der Waals surface area contributed by atoms with Gasteiger partial charge in [-0.15, -0.1) is 0 Å².